The maximum Gasteiger partial charge on any atom is 0.407 e. The Hall–Kier alpha value is -4.86. The first-order valence-corrected chi connectivity index (χ1v) is 14.3. The zero-order chi connectivity index (χ0) is 31.2. The van der Waals surface area contributed by atoms with Crippen LogP contribution in [0, 0.1) is 5.41 Å². The molecule has 0 saturated carbocycles. The number of rotatable bonds is 13. The third-order valence-corrected chi connectivity index (χ3v) is 6.47. The smallest absolute Gasteiger partial charge is 0.407 e. The van der Waals surface area contributed by atoms with E-state index in [0.29, 0.717) is 25.9 Å². The van der Waals surface area contributed by atoms with Crippen LogP contribution in [0.1, 0.15) is 61.8 Å². The van der Waals surface area contributed by atoms with E-state index in [1.807, 2.05) is 84.9 Å². The van der Waals surface area contributed by atoms with Gasteiger partial charge in [0.25, 0.3) is 0 Å². The summed E-state index contributed by atoms with van der Waals surface area (Å²) in [6.45, 7) is 6.39. The summed E-state index contributed by atoms with van der Waals surface area (Å²) < 4.78 is 5.26. The molecule has 0 aliphatic rings. The van der Waals surface area contributed by atoms with E-state index in [2.05, 4.69) is 21.3 Å². The van der Waals surface area contributed by atoms with Crippen LogP contribution in [-0.2, 0) is 27.4 Å². The molecule has 3 aromatic carbocycles. The van der Waals surface area contributed by atoms with Gasteiger partial charge in [-0.15, -0.1) is 0 Å². The first kappa shape index (κ1) is 32.7. The predicted octanol–water partition coefficient (Wildman–Crippen LogP) is 3.91. The van der Waals surface area contributed by atoms with Crippen molar-refractivity contribution in [3.63, 3.8) is 0 Å². The van der Waals surface area contributed by atoms with Gasteiger partial charge in [-0.2, -0.15) is 0 Å². The number of carbonyl (C=O) groups is 3. The van der Waals surface area contributed by atoms with Gasteiger partial charge in [0, 0.05) is 19.6 Å². The average molecular weight is 587 g/mol. The van der Waals surface area contributed by atoms with Crippen LogP contribution in [0.3, 0.4) is 0 Å². The van der Waals surface area contributed by atoms with Gasteiger partial charge in [0.2, 0.25) is 11.8 Å². The highest BCUT2D eigenvalue weighted by atomic mass is 16.6. The van der Waals surface area contributed by atoms with E-state index < -0.39 is 23.7 Å². The van der Waals surface area contributed by atoms with E-state index in [0.717, 1.165) is 22.3 Å². The van der Waals surface area contributed by atoms with Crippen LogP contribution in [0.25, 0.3) is 0 Å². The number of alkyl carbamates (subject to hydrolysis) is 1. The normalized spacial score (nSPS) is 11.7. The molecular formula is C33H42N6O4. The molecule has 0 heterocycles. The molecule has 0 fully saturated rings. The van der Waals surface area contributed by atoms with Gasteiger partial charge < -0.3 is 31.7 Å². The molecule has 0 aliphatic heterocycles. The molecule has 10 heteroatoms. The predicted molar refractivity (Wildman–Crippen MR) is 167 cm³/mol. The zero-order valence-electron chi connectivity index (χ0n) is 25.0. The largest absolute Gasteiger partial charge is 0.444 e. The van der Waals surface area contributed by atoms with E-state index in [-0.39, 0.29) is 24.3 Å². The minimum Gasteiger partial charge on any atom is -0.444 e. The van der Waals surface area contributed by atoms with Crippen LogP contribution in [0.15, 0.2) is 84.9 Å². The zero-order valence-corrected chi connectivity index (χ0v) is 25.0. The number of hydrogen-bond donors (Lipinski definition) is 6. The van der Waals surface area contributed by atoms with Crippen LogP contribution in [0.5, 0.6) is 0 Å². The fourth-order valence-electron chi connectivity index (χ4n) is 4.42. The third-order valence-electron chi connectivity index (χ3n) is 6.47. The number of benzene rings is 3. The molecule has 10 nitrogen and oxygen atoms in total. The molecule has 0 aromatic heterocycles. The molecule has 0 bridgehead atoms. The van der Waals surface area contributed by atoms with Crippen LogP contribution in [0.2, 0.25) is 0 Å². The first-order chi connectivity index (χ1) is 20.5. The minimum absolute atomic E-state index is 0.150. The molecule has 3 amide bonds. The lowest BCUT2D eigenvalue weighted by molar-refractivity contribution is -0.129. The molecule has 0 aliphatic carbocycles. The van der Waals surface area contributed by atoms with Gasteiger partial charge in [0.1, 0.15) is 11.6 Å². The number of nitrogens with two attached hydrogens (primary N) is 1. The summed E-state index contributed by atoms with van der Waals surface area (Å²) >= 11 is 0. The number of hydrogen-bond acceptors (Lipinski definition) is 5. The number of ether oxygens (including phenoxy) is 1. The second-order valence-electron chi connectivity index (χ2n) is 11.2. The Bertz CT molecular complexity index is 1300. The van der Waals surface area contributed by atoms with Crippen LogP contribution in [0.4, 0.5) is 4.79 Å². The Balaban J connectivity index is 1.65. The molecule has 0 radical (unpaired) electrons. The topological polar surface area (TPSA) is 158 Å². The molecule has 7 N–H and O–H groups in total. The van der Waals surface area contributed by atoms with Crippen LogP contribution >= 0.6 is 0 Å². The Kier molecular flexibility index (Phi) is 12.1. The highest BCUT2D eigenvalue weighted by Crippen LogP contribution is 2.25. The van der Waals surface area contributed by atoms with Crippen molar-refractivity contribution in [3.8, 4) is 0 Å². The molecule has 3 rings (SSSR count). The summed E-state index contributed by atoms with van der Waals surface area (Å²) in [6.07, 6.45) is 0.374. The monoisotopic (exact) mass is 586 g/mol. The number of guanidine groups is 1. The lowest BCUT2D eigenvalue weighted by Gasteiger charge is -2.23. The quantitative estimate of drug-likeness (QED) is 0.101. The van der Waals surface area contributed by atoms with Crippen molar-refractivity contribution < 1.29 is 19.1 Å². The highest BCUT2D eigenvalue weighted by Gasteiger charge is 2.27. The Morgan fingerprint density at radius 3 is 1.77 bits per heavy atom. The maximum absolute atomic E-state index is 13.7. The van der Waals surface area contributed by atoms with Gasteiger partial charge in [-0.3, -0.25) is 15.0 Å². The van der Waals surface area contributed by atoms with Crippen molar-refractivity contribution in [3.05, 3.63) is 107 Å². The summed E-state index contributed by atoms with van der Waals surface area (Å²) in [5.74, 6) is -1.33. The Morgan fingerprint density at radius 2 is 1.28 bits per heavy atom. The molecule has 228 valence electrons. The van der Waals surface area contributed by atoms with Gasteiger partial charge in [-0.05, 0) is 55.9 Å². The Morgan fingerprint density at radius 1 is 0.767 bits per heavy atom. The summed E-state index contributed by atoms with van der Waals surface area (Å²) in [5.41, 5.74) is 8.22. The van der Waals surface area contributed by atoms with Crippen molar-refractivity contribution in [2.24, 2.45) is 5.73 Å². The SMILES string of the molecule is CC(C)(C)OC(=O)NCc1ccc(CNC(=O)[C@@H](CCCNC(=N)N)NC(=O)C(c2ccccc2)c2ccccc2)cc1. The lowest BCUT2D eigenvalue weighted by Crippen LogP contribution is -2.48. The maximum atomic E-state index is 13.7. The molecule has 0 spiro atoms. The highest BCUT2D eigenvalue weighted by molar-refractivity contribution is 5.92. The fourth-order valence-corrected chi connectivity index (χ4v) is 4.42. The summed E-state index contributed by atoms with van der Waals surface area (Å²) in [6, 6.07) is 25.6. The van der Waals surface area contributed by atoms with Crippen molar-refractivity contribution >= 4 is 23.9 Å². The van der Waals surface area contributed by atoms with Crippen molar-refractivity contribution in [1.29, 1.82) is 5.41 Å². The standard InChI is InChI=1S/C33H42N6O4/c1-33(2,3)43-32(42)38-22-24-18-16-23(17-19-24)21-37-29(40)27(15-10-20-36-31(34)35)39-30(41)28(25-11-6-4-7-12-25)26-13-8-5-9-14-26/h4-9,11-14,16-19,27-28H,10,15,20-22H2,1-3H3,(H,37,40)(H,38,42)(H,39,41)(H4,34,35,36)/t27-/m1/s1. The van der Waals surface area contributed by atoms with Gasteiger partial charge in [-0.25, -0.2) is 4.79 Å². The average Bonchev–Trinajstić information content (AvgIpc) is 2.97. The molecule has 1 atom stereocenters. The van der Waals surface area contributed by atoms with E-state index >= 15 is 0 Å². The van der Waals surface area contributed by atoms with Gasteiger partial charge in [-0.1, -0.05) is 84.9 Å². The molecule has 3 aromatic rings. The van der Waals surface area contributed by atoms with Crippen molar-refractivity contribution in [2.75, 3.05) is 6.54 Å². The number of amides is 3. The minimum atomic E-state index is -0.798. The number of carbonyl (C=O) groups excluding carboxylic acids is 3. The summed E-state index contributed by atoms with van der Waals surface area (Å²) in [4.78, 5) is 39.0. The van der Waals surface area contributed by atoms with Crippen molar-refractivity contribution in [2.45, 2.75) is 64.3 Å². The first-order valence-electron chi connectivity index (χ1n) is 14.3. The second kappa shape index (κ2) is 16.0. The van der Waals surface area contributed by atoms with Gasteiger partial charge >= 0.3 is 6.09 Å². The molecule has 0 unspecified atom stereocenters. The van der Waals surface area contributed by atoms with Gasteiger partial charge in [0.05, 0.1) is 5.92 Å². The van der Waals surface area contributed by atoms with E-state index in [1.54, 1.807) is 20.8 Å². The summed E-state index contributed by atoms with van der Waals surface area (Å²) in [7, 11) is 0. The summed E-state index contributed by atoms with van der Waals surface area (Å²) in [5, 5.41) is 18.8. The van der Waals surface area contributed by atoms with E-state index in [9.17, 15) is 14.4 Å². The van der Waals surface area contributed by atoms with E-state index in [4.69, 9.17) is 15.9 Å². The second-order valence-corrected chi connectivity index (χ2v) is 11.2. The molecule has 43 heavy (non-hydrogen) atoms. The van der Waals surface area contributed by atoms with Crippen LogP contribution in [-0.4, -0.2) is 42.1 Å². The van der Waals surface area contributed by atoms with E-state index in [1.165, 1.54) is 0 Å². The van der Waals surface area contributed by atoms with Crippen LogP contribution < -0.4 is 27.0 Å². The van der Waals surface area contributed by atoms with Crippen molar-refractivity contribution in [1.82, 2.24) is 21.3 Å². The lowest BCUT2D eigenvalue weighted by atomic mass is 9.90. The third kappa shape index (κ3) is 11.5. The molecule has 0 saturated heterocycles. The van der Waals surface area contributed by atoms with Gasteiger partial charge in [0.15, 0.2) is 5.96 Å². The fraction of sp³-hybridized carbons (Fsp3) is 0.333. The molecular weight excluding hydrogens is 544 g/mol. The Labute approximate surface area is 253 Å². The number of nitrogens with one attached hydrogen (secondary N) is 5.